The summed E-state index contributed by atoms with van der Waals surface area (Å²) in [5.74, 6) is 1.68. The zero-order valence-corrected chi connectivity index (χ0v) is 11.9. The first-order valence-corrected chi connectivity index (χ1v) is 6.44. The molecule has 0 spiro atoms. The number of rotatable bonds is 3. The number of hydrogen-bond donors (Lipinski definition) is 1. The number of aromatic nitrogens is 3. The van der Waals surface area contributed by atoms with Crippen molar-refractivity contribution >= 4 is 5.82 Å². The normalized spacial score (nSPS) is 11.4. The summed E-state index contributed by atoms with van der Waals surface area (Å²) in [6.45, 7) is 6.47. The van der Waals surface area contributed by atoms with Crippen LogP contribution in [0.2, 0.25) is 0 Å². The molecule has 0 fully saturated rings. The van der Waals surface area contributed by atoms with E-state index in [-0.39, 0.29) is 5.41 Å². The van der Waals surface area contributed by atoms with Gasteiger partial charge in [-0.05, 0) is 11.6 Å². The van der Waals surface area contributed by atoms with E-state index in [4.69, 9.17) is 0 Å². The summed E-state index contributed by atoms with van der Waals surface area (Å²) in [5, 5.41) is 3.10. The van der Waals surface area contributed by atoms with Crippen LogP contribution in [0.1, 0.15) is 37.9 Å². The molecule has 4 nitrogen and oxygen atoms in total. The highest BCUT2D eigenvalue weighted by Gasteiger charge is 2.17. The van der Waals surface area contributed by atoms with Crippen LogP contribution in [-0.4, -0.2) is 22.0 Å². The summed E-state index contributed by atoms with van der Waals surface area (Å²) in [7, 11) is 1.88. The maximum Gasteiger partial charge on any atom is 0.135 e. The molecule has 0 unspecified atom stereocenters. The van der Waals surface area contributed by atoms with E-state index in [2.05, 4.69) is 41.0 Å². The van der Waals surface area contributed by atoms with Gasteiger partial charge in [0.25, 0.3) is 0 Å². The van der Waals surface area contributed by atoms with Crippen LogP contribution in [0.25, 0.3) is 0 Å². The van der Waals surface area contributed by atoms with Crippen LogP contribution in [0.5, 0.6) is 0 Å². The maximum atomic E-state index is 4.67. The van der Waals surface area contributed by atoms with Crippen LogP contribution in [0.4, 0.5) is 5.82 Å². The summed E-state index contributed by atoms with van der Waals surface area (Å²) >= 11 is 0. The lowest BCUT2D eigenvalue weighted by Gasteiger charge is -2.19. The highest BCUT2D eigenvalue weighted by Crippen LogP contribution is 2.22. The fourth-order valence-electron chi connectivity index (χ4n) is 1.77. The number of hydrogen-bond acceptors (Lipinski definition) is 4. The molecule has 0 bridgehead atoms. The van der Waals surface area contributed by atoms with Gasteiger partial charge in [0.05, 0.1) is 5.69 Å². The molecule has 2 aromatic rings. The summed E-state index contributed by atoms with van der Waals surface area (Å²) in [6, 6.07) is 5.98. The quantitative estimate of drug-likeness (QED) is 0.917. The highest BCUT2D eigenvalue weighted by molar-refractivity contribution is 5.37. The fourth-order valence-corrected chi connectivity index (χ4v) is 1.77. The summed E-state index contributed by atoms with van der Waals surface area (Å²) in [6.07, 6.45) is 4.33. The molecule has 2 rings (SSSR count). The van der Waals surface area contributed by atoms with Gasteiger partial charge < -0.3 is 5.32 Å². The highest BCUT2D eigenvalue weighted by atomic mass is 15.0. The van der Waals surface area contributed by atoms with E-state index in [0.717, 1.165) is 22.9 Å². The monoisotopic (exact) mass is 256 g/mol. The minimum Gasteiger partial charge on any atom is -0.373 e. The number of nitrogens with one attached hydrogen (secondary N) is 1. The zero-order valence-electron chi connectivity index (χ0n) is 11.9. The average Bonchev–Trinajstić information content (AvgIpc) is 2.38. The molecule has 0 aliphatic carbocycles. The predicted octanol–water partition coefficient (Wildman–Crippen LogP) is 2.80. The van der Waals surface area contributed by atoms with Crippen molar-refractivity contribution < 1.29 is 0 Å². The molecule has 2 heterocycles. The van der Waals surface area contributed by atoms with E-state index in [0.29, 0.717) is 6.42 Å². The van der Waals surface area contributed by atoms with Gasteiger partial charge in [0.2, 0.25) is 0 Å². The molecule has 0 amide bonds. The lowest BCUT2D eigenvalue weighted by atomic mass is 9.92. The third-order valence-corrected chi connectivity index (χ3v) is 2.88. The average molecular weight is 256 g/mol. The van der Waals surface area contributed by atoms with Crippen molar-refractivity contribution in [1.29, 1.82) is 0 Å². The SMILES string of the molecule is CNc1cc(C(C)(C)C)nc(Cc2cccnc2)n1. The Labute approximate surface area is 114 Å². The van der Waals surface area contributed by atoms with Crippen molar-refractivity contribution in [3.63, 3.8) is 0 Å². The third kappa shape index (κ3) is 3.50. The van der Waals surface area contributed by atoms with Gasteiger partial charge in [0.15, 0.2) is 0 Å². The molecule has 4 heteroatoms. The van der Waals surface area contributed by atoms with E-state index in [1.807, 2.05) is 31.4 Å². The lowest BCUT2D eigenvalue weighted by Crippen LogP contribution is -2.16. The molecule has 0 saturated heterocycles. The Morgan fingerprint density at radius 3 is 2.58 bits per heavy atom. The van der Waals surface area contributed by atoms with Gasteiger partial charge in [-0.25, -0.2) is 9.97 Å². The molecule has 0 aromatic carbocycles. The lowest BCUT2D eigenvalue weighted by molar-refractivity contribution is 0.563. The van der Waals surface area contributed by atoms with E-state index in [1.54, 1.807) is 6.20 Å². The Morgan fingerprint density at radius 2 is 2.00 bits per heavy atom. The van der Waals surface area contributed by atoms with Crippen LogP contribution in [0.15, 0.2) is 30.6 Å². The Balaban J connectivity index is 2.35. The first-order valence-electron chi connectivity index (χ1n) is 6.44. The van der Waals surface area contributed by atoms with Crippen LogP contribution in [-0.2, 0) is 11.8 Å². The van der Waals surface area contributed by atoms with E-state index >= 15 is 0 Å². The van der Waals surface area contributed by atoms with Gasteiger partial charge in [-0.3, -0.25) is 4.98 Å². The second-order valence-corrected chi connectivity index (χ2v) is 5.59. The first kappa shape index (κ1) is 13.5. The Bertz CT molecular complexity index is 544. The van der Waals surface area contributed by atoms with Gasteiger partial charge in [-0.2, -0.15) is 0 Å². The second-order valence-electron chi connectivity index (χ2n) is 5.59. The molecule has 0 aliphatic heterocycles. The largest absolute Gasteiger partial charge is 0.373 e. The molecule has 0 aliphatic rings. The van der Waals surface area contributed by atoms with Crippen molar-refractivity contribution in [3.8, 4) is 0 Å². The smallest absolute Gasteiger partial charge is 0.135 e. The molecular weight excluding hydrogens is 236 g/mol. The number of pyridine rings is 1. The number of anilines is 1. The van der Waals surface area contributed by atoms with Gasteiger partial charge in [-0.1, -0.05) is 26.8 Å². The molecule has 0 radical (unpaired) electrons. The molecule has 19 heavy (non-hydrogen) atoms. The molecule has 100 valence electrons. The van der Waals surface area contributed by atoms with Crippen LogP contribution < -0.4 is 5.32 Å². The third-order valence-electron chi connectivity index (χ3n) is 2.88. The zero-order chi connectivity index (χ0) is 13.9. The van der Waals surface area contributed by atoms with E-state index < -0.39 is 0 Å². The van der Waals surface area contributed by atoms with Gasteiger partial charge in [0, 0.05) is 37.3 Å². The van der Waals surface area contributed by atoms with Crippen molar-refractivity contribution in [1.82, 2.24) is 15.0 Å². The van der Waals surface area contributed by atoms with E-state index in [1.165, 1.54) is 0 Å². The fraction of sp³-hybridized carbons (Fsp3) is 0.400. The minimum absolute atomic E-state index is 0.0121. The molecule has 1 N–H and O–H groups in total. The molecule has 0 atom stereocenters. The summed E-state index contributed by atoms with van der Waals surface area (Å²) in [5.41, 5.74) is 2.18. The maximum absolute atomic E-state index is 4.67. The van der Waals surface area contributed by atoms with Crippen LogP contribution >= 0.6 is 0 Å². The van der Waals surface area contributed by atoms with Crippen molar-refractivity contribution in [2.75, 3.05) is 12.4 Å². The topological polar surface area (TPSA) is 50.7 Å². The minimum atomic E-state index is 0.0121. The Kier molecular flexibility index (Phi) is 3.79. The molecule has 0 saturated carbocycles. The van der Waals surface area contributed by atoms with Gasteiger partial charge >= 0.3 is 0 Å². The summed E-state index contributed by atoms with van der Waals surface area (Å²) < 4.78 is 0. The van der Waals surface area contributed by atoms with Gasteiger partial charge in [-0.15, -0.1) is 0 Å². The van der Waals surface area contributed by atoms with E-state index in [9.17, 15) is 0 Å². The molecule has 2 aromatic heterocycles. The van der Waals surface area contributed by atoms with Crippen LogP contribution in [0, 0.1) is 0 Å². The summed E-state index contributed by atoms with van der Waals surface area (Å²) in [4.78, 5) is 13.3. The Morgan fingerprint density at radius 1 is 1.21 bits per heavy atom. The predicted molar refractivity (Wildman–Crippen MR) is 77.3 cm³/mol. The van der Waals surface area contributed by atoms with Crippen LogP contribution in [0.3, 0.4) is 0 Å². The van der Waals surface area contributed by atoms with Gasteiger partial charge in [0.1, 0.15) is 11.6 Å². The Hall–Kier alpha value is -1.97. The van der Waals surface area contributed by atoms with Crippen molar-refractivity contribution in [2.45, 2.75) is 32.6 Å². The standard InChI is InChI=1S/C15H20N4/c1-15(2,3)12-9-13(16-4)19-14(18-12)8-11-6-5-7-17-10-11/h5-7,9-10H,8H2,1-4H3,(H,16,18,19). The first-order chi connectivity index (χ1) is 8.99. The second kappa shape index (κ2) is 5.34. The van der Waals surface area contributed by atoms with Crippen molar-refractivity contribution in [3.05, 3.63) is 47.7 Å². The van der Waals surface area contributed by atoms with Crippen molar-refractivity contribution in [2.24, 2.45) is 0 Å². The number of nitrogens with zero attached hydrogens (tertiary/aromatic N) is 3. The molecular formula is C15H20N4.